The SMILES string of the molecule is COc1ccccc1N1CCN(CCCOS(C)(=O)=O)CC1. The highest BCUT2D eigenvalue weighted by atomic mass is 32.2. The molecule has 1 aromatic rings. The highest BCUT2D eigenvalue weighted by molar-refractivity contribution is 7.85. The van der Waals surface area contributed by atoms with Crippen LogP contribution in [0.25, 0.3) is 0 Å². The van der Waals surface area contributed by atoms with Crippen molar-refractivity contribution in [3.05, 3.63) is 24.3 Å². The standard InChI is InChI=1S/C15H24N2O4S/c1-20-15-7-4-3-6-14(15)17-11-9-16(10-12-17)8-5-13-21-22(2,18)19/h3-4,6-7H,5,8-13H2,1-2H3. The number of para-hydroxylation sites is 2. The third-order valence-corrected chi connectivity index (χ3v) is 4.31. The van der Waals surface area contributed by atoms with Crippen LogP contribution in [-0.4, -0.2) is 66.0 Å². The number of piperazine rings is 1. The minimum atomic E-state index is -3.32. The van der Waals surface area contributed by atoms with Crippen molar-refractivity contribution < 1.29 is 17.3 Å². The first kappa shape index (κ1) is 17.1. The van der Waals surface area contributed by atoms with Crippen LogP contribution < -0.4 is 9.64 Å². The lowest BCUT2D eigenvalue weighted by molar-refractivity contribution is 0.227. The van der Waals surface area contributed by atoms with Gasteiger partial charge in [0, 0.05) is 32.7 Å². The van der Waals surface area contributed by atoms with Gasteiger partial charge in [-0.3, -0.25) is 9.08 Å². The molecule has 0 aromatic heterocycles. The van der Waals surface area contributed by atoms with Crippen LogP contribution in [0.1, 0.15) is 6.42 Å². The molecule has 0 saturated carbocycles. The molecule has 1 heterocycles. The average Bonchev–Trinajstić information content (AvgIpc) is 2.51. The largest absolute Gasteiger partial charge is 0.495 e. The summed E-state index contributed by atoms with van der Waals surface area (Å²) in [6.07, 6.45) is 1.81. The number of ether oxygens (including phenoxy) is 1. The number of hydrogen-bond donors (Lipinski definition) is 0. The Morgan fingerprint density at radius 3 is 2.45 bits per heavy atom. The van der Waals surface area contributed by atoms with Crippen LogP contribution in [0.2, 0.25) is 0 Å². The highest BCUT2D eigenvalue weighted by Gasteiger charge is 2.19. The zero-order valence-electron chi connectivity index (χ0n) is 13.2. The van der Waals surface area contributed by atoms with E-state index in [9.17, 15) is 8.42 Å². The Morgan fingerprint density at radius 1 is 1.14 bits per heavy atom. The molecule has 124 valence electrons. The van der Waals surface area contributed by atoms with E-state index in [1.165, 1.54) is 0 Å². The first-order chi connectivity index (χ1) is 10.5. The van der Waals surface area contributed by atoms with E-state index in [0.29, 0.717) is 0 Å². The minimum absolute atomic E-state index is 0.256. The lowest BCUT2D eigenvalue weighted by atomic mass is 10.2. The predicted molar refractivity (Wildman–Crippen MR) is 87.1 cm³/mol. The van der Waals surface area contributed by atoms with Crippen molar-refractivity contribution >= 4 is 15.8 Å². The van der Waals surface area contributed by atoms with Crippen LogP contribution in [0.4, 0.5) is 5.69 Å². The van der Waals surface area contributed by atoms with E-state index >= 15 is 0 Å². The molecule has 2 rings (SSSR count). The fraction of sp³-hybridized carbons (Fsp3) is 0.600. The quantitative estimate of drug-likeness (QED) is 0.553. The molecule has 0 bridgehead atoms. The molecule has 0 aliphatic carbocycles. The lowest BCUT2D eigenvalue weighted by Crippen LogP contribution is -2.46. The van der Waals surface area contributed by atoms with Gasteiger partial charge in [-0.25, -0.2) is 0 Å². The van der Waals surface area contributed by atoms with Crippen LogP contribution >= 0.6 is 0 Å². The van der Waals surface area contributed by atoms with Gasteiger partial charge >= 0.3 is 0 Å². The topological polar surface area (TPSA) is 59.1 Å². The average molecular weight is 328 g/mol. The van der Waals surface area contributed by atoms with Crippen molar-refractivity contribution in [1.82, 2.24) is 4.90 Å². The first-order valence-corrected chi connectivity index (χ1v) is 9.26. The van der Waals surface area contributed by atoms with Gasteiger partial charge in [0.2, 0.25) is 0 Å². The summed E-state index contributed by atoms with van der Waals surface area (Å²) in [6.45, 7) is 4.90. The molecule has 1 aromatic carbocycles. The van der Waals surface area contributed by atoms with E-state index in [0.717, 1.165) is 56.8 Å². The summed E-state index contributed by atoms with van der Waals surface area (Å²) >= 11 is 0. The summed E-state index contributed by atoms with van der Waals surface area (Å²) in [7, 11) is -1.63. The van der Waals surface area contributed by atoms with E-state index < -0.39 is 10.1 Å². The fourth-order valence-electron chi connectivity index (χ4n) is 2.60. The zero-order chi connectivity index (χ0) is 16.0. The lowest BCUT2D eigenvalue weighted by Gasteiger charge is -2.36. The van der Waals surface area contributed by atoms with E-state index in [1.54, 1.807) is 7.11 Å². The second kappa shape index (κ2) is 7.80. The maximum atomic E-state index is 10.9. The number of nitrogens with zero attached hydrogens (tertiary/aromatic N) is 2. The summed E-state index contributed by atoms with van der Waals surface area (Å²) in [5, 5.41) is 0. The number of benzene rings is 1. The maximum Gasteiger partial charge on any atom is 0.264 e. The second-order valence-corrected chi connectivity index (χ2v) is 7.02. The Labute approximate surface area is 132 Å². The van der Waals surface area contributed by atoms with Crippen molar-refractivity contribution in [2.75, 3.05) is 57.6 Å². The number of rotatable bonds is 7. The molecule has 7 heteroatoms. The fourth-order valence-corrected chi connectivity index (χ4v) is 3.02. The van der Waals surface area contributed by atoms with Crippen LogP contribution in [0.3, 0.4) is 0 Å². The minimum Gasteiger partial charge on any atom is -0.495 e. The number of methoxy groups -OCH3 is 1. The molecule has 6 nitrogen and oxygen atoms in total. The van der Waals surface area contributed by atoms with Crippen LogP contribution in [0.15, 0.2) is 24.3 Å². The Hall–Kier alpha value is -1.31. The zero-order valence-corrected chi connectivity index (χ0v) is 14.0. The Bertz CT molecular complexity index is 569. The van der Waals surface area contributed by atoms with Gasteiger partial charge in [-0.15, -0.1) is 0 Å². The van der Waals surface area contributed by atoms with E-state index in [2.05, 4.69) is 15.9 Å². The Morgan fingerprint density at radius 2 is 1.82 bits per heavy atom. The third kappa shape index (κ3) is 5.15. The van der Waals surface area contributed by atoms with Gasteiger partial charge in [-0.1, -0.05) is 12.1 Å². The third-order valence-electron chi connectivity index (χ3n) is 3.71. The van der Waals surface area contributed by atoms with Crippen molar-refractivity contribution in [2.24, 2.45) is 0 Å². The van der Waals surface area contributed by atoms with E-state index in [-0.39, 0.29) is 6.61 Å². The molecule has 22 heavy (non-hydrogen) atoms. The molecule has 0 radical (unpaired) electrons. The molecule has 0 N–H and O–H groups in total. The molecule has 0 spiro atoms. The van der Waals surface area contributed by atoms with Crippen LogP contribution in [0, 0.1) is 0 Å². The monoisotopic (exact) mass is 328 g/mol. The highest BCUT2D eigenvalue weighted by Crippen LogP contribution is 2.28. The van der Waals surface area contributed by atoms with Gasteiger partial charge in [0.15, 0.2) is 0 Å². The van der Waals surface area contributed by atoms with Crippen molar-refractivity contribution in [3.8, 4) is 5.75 Å². The Kier molecular flexibility index (Phi) is 6.05. The smallest absolute Gasteiger partial charge is 0.264 e. The molecule has 0 atom stereocenters. The summed E-state index contributed by atoms with van der Waals surface area (Å²) in [4.78, 5) is 4.65. The molecule has 0 amide bonds. The number of hydrogen-bond acceptors (Lipinski definition) is 6. The summed E-state index contributed by atoms with van der Waals surface area (Å²) in [5.74, 6) is 0.900. The summed E-state index contributed by atoms with van der Waals surface area (Å²) in [6, 6.07) is 8.05. The summed E-state index contributed by atoms with van der Waals surface area (Å²) < 4.78 is 31.9. The van der Waals surface area contributed by atoms with Crippen LogP contribution in [0.5, 0.6) is 5.75 Å². The molecular weight excluding hydrogens is 304 g/mol. The van der Waals surface area contributed by atoms with Gasteiger partial charge in [0.25, 0.3) is 10.1 Å². The second-order valence-electron chi connectivity index (χ2n) is 5.38. The van der Waals surface area contributed by atoms with Crippen molar-refractivity contribution in [3.63, 3.8) is 0 Å². The molecule has 1 aliphatic rings. The first-order valence-electron chi connectivity index (χ1n) is 7.44. The van der Waals surface area contributed by atoms with E-state index in [4.69, 9.17) is 8.92 Å². The van der Waals surface area contributed by atoms with E-state index in [1.807, 2.05) is 18.2 Å². The molecule has 1 aliphatic heterocycles. The van der Waals surface area contributed by atoms with Crippen molar-refractivity contribution in [2.45, 2.75) is 6.42 Å². The normalized spacial score (nSPS) is 16.7. The molecule has 1 saturated heterocycles. The van der Waals surface area contributed by atoms with Gasteiger partial charge < -0.3 is 9.64 Å². The Balaban J connectivity index is 1.76. The maximum absolute atomic E-state index is 10.9. The summed E-state index contributed by atoms with van der Waals surface area (Å²) in [5.41, 5.74) is 1.13. The van der Waals surface area contributed by atoms with Crippen molar-refractivity contribution in [1.29, 1.82) is 0 Å². The van der Waals surface area contributed by atoms with Crippen LogP contribution in [-0.2, 0) is 14.3 Å². The molecular formula is C15H24N2O4S. The molecule has 0 unspecified atom stereocenters. The van der Waals surface area contributed by atoms with Gasteiger partial charge in [0.05, 0.1) is 25.7 Å². The van der Waals surface area contributed by atoms with Gasteiger partial charge in [-0.2, -0.15) is 8.42 Å². The predicted octanol–water partition coefficient (Wildman–Crippen LogP) is 1.18. The number of anilines is 1. The van der Waals surface area contributed by atoms with Gasteiger partial charge in [0.1, 0.15) is 5.75 Å². The van der Waals surface area contributed by atoms with Gasteiger partial charge in [-0.05, 0) is 18.6 Å². The molecule has 1 fully saturated rings.